The van der Waals surface area contributed by atoms with E-state index in [1.165, 1.54) is 0 Å². The van der Waals surface area contributed by atoms with Gasteiger partial charge in [-0.1, -0.05) is 0 Å². The van der Waals surface area contributed by atoms with Crippen LogP contribution in [0.2, 0.25) is 0 Å². The Morgan fingerprint density at radius 2 is 2.31 bits per heavy atom. The maximum absolute atomic E-state index is 11.4. The first-order valence-corrected chi connectivity index (χ1v) is 4.79. The summed E-state index contributed by atoms with van der Waals surface area (Å²) >= 11 is 5.44. The van der Waals surface area contributed by atoms with E-state index in [1.807, 2.05) is 0 Å². The summed E-state index contributed by atoms with van der Waals surface area (Å²) < 4.78 is 0. The predicted molar refractivity (Wildman–Crippen MR) is 47.4 cm³/mol. The molecule has 0 unspecified atom stereocenters. The van der Waals surface area contributed by atoms with Crippen molar-refractivity contribution in [2.24, 2.45) is 0 Å². The van der Waals surface area contributed by atoms with Crippen LogP contribution >= 0.6 is 11.6 Å². The predicted octanol–water partition coefficient (Wildman–Crippen LogP) is -0.333. The van der Waals surface area contributed by atoms with Crippen LogP contribution in [0.25, 0.3) is 0 Å². The number of likely N-dealkylation sites (N-methyl/N-ethyl adjacent to an activating group) is 1. The zero-order valence-corrected chi connectivity index (χ0v) is 8.12. The molecule has 13 heavy (non-hydrogen) atoms. The number of hydrogen-bond acceptors (Lipinski definition) is 2. The van der Waals surface area contributed by atoms with Crippen molar-refractivity contribution in [2.75, 3.05) is 19.5 Å². The van der Waals surface area contributed by atoms with Crippen LogP contribution in [-0.4, -0.2) is 53.2 Å². The highest BCUT2D eigenvalue weighted by Gasteiger charge is 2.51. The Morgan fingerprint density at radius 1 is 1.62 bits per heavy atom. The monoisotopic (exact) mass is 202 g/mol. The zero-order chi connectivity index (χ0) is 9.59. The van der Waals surface area contributed by atoms with E-state index in [2.05, 4.69) is 0 Å². The van der Waals surface area contributed by atoms with Gasteiger partial charge in [0.15, 0.2) is 0 Å². The molecule has 0 aromatic heterocycles. The van der Waals surface area contributed by atoms with Gasteiger partial charge in [0, 0.05) is 7.05 Å². The molecular formula is C8H11ClN2O2. The summed E-state index contributed by atoms with van der Waals surface area (Å²) in [6, 6.07) is 0.474. The molecule has 1 aliphatic heterocycles. The lowest BCUT2D eigenvalue weighted by Crippen LogP contribution is -2.51. The fourth-order valence-electron chi connectivity index (χ4n) is 1.83. The number of hydrogen-bond donors (Lipinski definition) is 0. The maximum atomic E-state index is 11.4. The number of fused-ring (bicyclic) bond motifs is 1. The average molecular weight is 203 g/mol. The van der Waals surface area contributed by atoms with Gasteiger partial charge in [-0.3, -0.25) is 9.59 Å². The van der Waals surface area contributed by atoms with Gasteiger partial charge in [-0.15, -0.1) is 11.6 Å². The van der Waals surface area contributed by atoms with Crippen LogP contribution in [0.3, 0.4) is 0 Å². The molecule has 2 fully saturated rings. The van der Waals surface area contributed by atoms with Gasteiger partial charge in [0.25, 0.3) is 0 Å². The van der Waals surface area contributed by atoms with Gasteiger partial charge in [-0.05, 0) is 6.42 Å². The number of carbonyl (C=O) groups excluding carboxylic acids is 2. The molecule has 1 saturated heterocycles. The van der Waals surface area contributed by atoms with Crippen LogP contribution < -0.4 is 0 Å². The topological polar surface area (TPSA) is 40.6 Å². The van der Waals surface area contributed by atoms with Crippen LogP contribution in [0, 0.1) is 0 Å². The number of carbonyl (C=O) groups is 2. The van der Waals surface area contributed by atoms with Crippen molar-refractivity contribution in [3.63, 3.8) is 0 Å². The van der Waals surface area contributed by atoms with Gasteiger partial charge in [0.05, 0.1) is 12.1 Å². The third-order valence-corrected chi connectivity index (χ3v) is 2.98. The van der Waals surface area contributed by atoms with Crippen LogP contribution in [0.5, 0.6) is 0 Å². The molecule has 2 aliphatic rings. The molecule has 2 amide bonds. The number of piperazine rings is 1. The van der Waals surface area contributed by atoms with Crippen molar-refractivity contribution in [2.45, 2.75) is 18.5 Å². The molecule has 0 aromatic rings. The highest BCUT2D eigenvalue weighted by Crippen LogP contribution is 2.36. The van der Waals surface area contributed by atoms with E-state index in [9.17, 15) is 9.59 Å². The number of halogens is 1. The van der Waals surface area contributed by atoms with E-state index in [1.54, 1.807) is 16.8 Å². The molecule has 0 bridgehead atoms. The van der Waals surface area contributed by atoms with Gasteiger partial charge in [0.2, 0.25) is 11.8 Å². The minimum absolute atomic E-state index is 0.0113. The first-order chi connectivity index (χ1) is 6.15. The van der Waals surface area contributed by atoms with E-state index in [0.717, 1.165) is 6.42 Å². The Bertz CT molecular complexity index is 267. The third kappa shape index (κ3) is 1.29. The van der Waals surface area contributed by atoms with Gasteiger partial charge in [-0.2, -0.15) is 0 Å². The van der Waals surface area contributed by atoms with E-state index >= 15 is 0 Å². The summed E-state index contributed by atoms with van der Waals surface area (Å²) in [5.74, 6) is -0.145. The van der Waals surface area contributed by atoms with Gasteiger partial charge < -0.3 is 9.80 Å². The zero-order valence-electron chi connectivity index (χ0n) is 7.36. The highest BCUT2D eigenvalue weighted by atomic mass is 35.5. The van der Waals surface area contributed by atoms with E-state index < -0.39 is 0 Å². The fourth-order valence-corrected chi connectivity index (χ4v) is 1.98. The summed E-state index contributed by atoms with van der Waals surface area (Å²) in [5.41, 5.74) is 0. The molecule has 0 spiro atoms. The molecule has 2 rings (SSSR count). The van der Waals surface area contributed by atoms with Crippen LogP contribution in [0.1, 0.15) is 6.42 Å². The Balaban J connectivity index is 2.09. The molecule has 1 aliphatic carbocycles. The molecule has 72 valence electrons. The highest BCUT2D eigenvalue weighted by molar-refractivity contribution is 6.27. The lowest BCUT2D eigenvalue weighted by Gasteiger charge is -2.30. The molecule has 2 atom stereocenters. The van der Waals surface area contributed by atoms with Crippen LogP contribution in [0.15, 0.2) is 0 Å². The fraction of sp³-hybridized carbons (Fsp3) is 0.750. The van der Waals surface area contributed by atoms with Gasteiger partial charge in [-0.25, -0.2) is 0 Å². The summed E-state index contributed by atoms with van der Waals surface area (Å²) in [6.45, 7) is 0.198. The standard InChI is InChI=1S/C8H11ClN2O2/c1-10-5-2-6(5)11(4-8(10)13)7(12)3-9/h5-6H,2-4H2,1H3/t5-,6+/m1/s1. The van der Waals surface area contributed by atoms with E-state index in [4.69, 9.17) is 11.6 Å². The van der Waals surface area contributed by atoms with Crippen molar-refractivity contribution in [1.29, 1.82) is 0 Å². The SMILES string of the molecule is CN1C(=O)CN(C(=O)CCl)[C@H]2C[C@H]21. The molecule has 0 radical (unpaired) electrons. The molecule has 0 N–H and O–H groups in total. The first-order valence-electron chi connectivity index (χ1n) is 4.26. The molecule has 5 heteroatoms. The Morgan fingerprint density at radius 3 is 2.92 bits per heavy atom. The Kier molecular flexibility index (Phi) is 1.95. The van der Waals surface area contributed by atoms with Crippen molar-refractivity contribution in [3.05, 3.63) is 0 Å². The number of amides is 2. The second-order valence-corrected chi connectivity index (χ2v) is 3.80. The van der Waals surface area contributed by atoms with Crippen molar-refractivity contribution < 1.29 is 9.59 Å². The summed E-state index contributed by atoms with van der Waals surface area (Å²) in [7, 11) is 1.79. The van der Waals surface area contributed by atoms with Crippen LogP contribution in [0.4, 0.5) is 0 Å². The van der Waals surface area contributed by atoms with E-state index in [-0.39, 0.29) is 36.3 Å². The smallest absolute Gasteiger partial charge is 0.242 e. The minimum Gasteiger partial charge on any atom is -0.339 e. The number of nitrogens with zero attached hydrogens (tertiary/aromatic N) is 2. The molecule has 4 nitrogen and oxygen atoms in total. The summed E-state index contributed by atoms with van der Waals surface area (Å²) in [5, 5.41) is 0. The van der Waals surface area contributed by atoms with Gasteiger partial charge >= 0.3 is 0 Å². The molecule has 1 heterocycles. The summed E-state index contributed by atoms with van der Waals surface area (Å²) in [6.07, 6.45) is 0.908. The quantitative estimate of drug-likeness (QED) is 0.547. The maximum Gasteiger partial charge on any atom is 0.242 e. The Labute approximate surface area is 81.4 Å². The Hall–Kier alpha value is -0.770. The second kappa shape index (κ2) is 2.87. The minimum atomic E-state index is -0.129. The second-order valence-electron chi connectivity index (χ2n) is 3.53. The van der Waals surface area contributed by atoms with Crippen molar-refractivity contribution >= 4 is 23.4 Å². The average Bonchev–Trinajstić information content (AvgIpc) is 2.89. The molecular weight excluding hydrogens is 192 g/mol. The van der Waals surface area contributed by atoms with E-state index in [0.29, 0.717) is 0 Å². The first kappa shape index (κ1) is 8.81. The summed E-state index contributed by atoms with van der Waals surface area (Å²) in [4.78, 5) is 26.0. The van der Waals surface area contributed by atoms with Crippen molar-refractivity contribution in [3.8, 4) is 0 Å². The normalized spacial score (nSPS) is 31.7. The van der Waals surface area contributed by atoms with Crippen molar-refractivity contribution in [1.82, 2.24) is 9.80 Å². The lowest BCUT2D eigenvalue weighted by atomic mass is 10.3. The largest absolute Gasteiger partial charge is 0.339 e. The number of rotatable bonds is 1. The number of alkyl halides is 1. The lowest BCUT2D eigenvalue weighted by molar-refractivity contribution is -0.143. The third-order valence-electron chi connectivity index (χ3n) is 2.76. The molecule has 1 saturated carbocycles. The molecule has 0 aromatic carbocycles. The van der Waals surface area contributed by atoms with Gasteiger partial charge in [0.1, 0.15) is 12.4 Å². The van der Waals surface area contributed by atoms with Crippen LogP contribution in [-0.2, 0) is 9.59 Å².